The lowest BCUT2D eigenvalue weighted by atomic mass is 9.99. The summed E-state index contributed by atoms with van der Waals surface area (Å²) >= 11 is 0. The molecule has 1 atom stereocenters. The molecule has 0 fully saturated rings. The number of anilines is 3. The molecule has 1 unspecified atom stereocenters. The number of hydrogen-bond acceptors (Lipinski definition) is 7. The average molecular weight is 460 g/mol. The second-order valence-electron chi connectivity index (χ2n) is 8.21. The van der Waals surface area contributed by atoms with Gasteiger partial charge in [0.05, 0.1) is 18.8 Å². The predicted octanol–water partition coefficient (Wildman–Crippen LogP) is 2.87. The highest BCUT2D eigenvalue weighted by atomic mass is 19.2. The van der Waals surface area contributed by atoms with E-state index in [-0.39, 0.29) is 36.5 Å². The molecule has 1 aliphatic heterocycles. The van der Waals surface area contributed by atoms with Gasteiger partial charge in [0.25, 0.3) is 0 Å². The van der Waals surface area contributed by atoms with Crippen LogP contribution in [-0.2, 0) is 17.9 Å². The van der Waals surface area contributed by atoms with Crippen LogP contribution in [0.3, 0.4) is 0 Å². The second kappa shape index (κ2) is 8.68. The Kier molecular flexibility index (Phi) is 5.91. The van der Waals surface area contributed by atoms with Crippen LogP contribution < -0.4 is 15.5 Å². The van der Waals surface area contributed by atoms with Crippen molar-refractivity contribution < 1.29 is 18.0 Å². The van der Waals surface area contributed by atoms with Gasteiger partial charge in [0, 0.05) is 7.05 Å². The number of carbonyl (C=O) groups excluding carboxylic acids is 1. The maximum absolute atomic E-state index is 13.4. The first kappa shape index (κ1) is 22.5. The van der Waals surface area contributed by atoms with Crippen molar-refractivity contribution in [3.8, 4) is 0 Å². The van der Waals surface area contributed by atoms with Crippen molar-refractivity contribution in [3.05, 3.63) is 53.0 Å². The molecular weight excluding hydrogens is 437 g/mol. The van der Waals surface area contributed by atoms with Crippen molar-refractivity contribution >= 4 is 23.4 Å². The van der Waals surface area contributed by atoms with Gasteiger partial charge in [0.15, 0.2) is 29.1 Å². The Balaban J connectivity index is 1.47. The fraction of sp³-hybridized carbons (Fsp3) is 0.381. The molecule has 0 radical (unpaired) electrons. The number of hydrogen-bond donors (Lipinski definition) is 2. The van der Waals surface area contributed by atoms with E-state index in [1.807, 2.05) is 25.8 Å². The number of halogens is 3. The van der Waals surface area contributed by atoms with Crippen LogP contribution in [0.1, 0.15) is 30.9 Å². The van der Waals surface area contributed by atoms with Crippen molar-refractivity contribution in [1.29, 1.82) is 0 Å². The quantitative estimate of drug-likeness (QED) is 0.546. The van der Waals surface area contributed by atoms with Crippen LogP contribution in [0.25, 0.3) is 0 Å². The van der Waals surface area contributed by atoms with Crippen LogP contribution in [-0.4, -0.2) is 43.7 Å². The topological polar surface area (TPSA) is 101 Å². The van der Waals surface area contributed by atoms with E-state index in [2.05, 4.69) is 30.7 Å². The molecule has 1 aromatic carbocycles. The van der Waals surface area contributed by atoms with E-state index in [0.717, 1.165) is 12.1 Å². The molecule has 0 bridgehead atoms. The van der Waals surface area contributed by atoms with Crippen LogP contribution >= 0.6 is 0 Å². The van der Waals surface area contributed by atoms with Gasteiger partial charge in [-0.2, -0.15) is 10.1 Å². The summed E-state index contributed by atoms with van der Waals surface area (Å²) < 4.78 is 41.3. The van der Waals surface area contributed by atoms with E-state index in [1.54, 1.807) is 6.92 Å². The fourth-order valence-electron chi connectivity index (χ4n) is 3.83. The van der Waals surface area contributed by atoms with Crippen LogP contribution in [0.4, 0.5) is 30.6 Å². The Hall–Kier alpha value is -3.70. The summed E-state index contributed by atoms with van der Waals surface area (Å²) in [5.41, 5.74) is 1.41. The number of fused-ring (bicyclic) bond motifs is 1. The van der Waals surface area contributed by atoms with Gasteiger partial charge < -0.3 is 15.5 Å². The zero-order chi connectivity index (χ0) is 23.9. The number of likely N-dealkylation sites (N-methyl/N-ethyl adjacent to an activating group) is 1. The Morgan fingerprint density at radius 3 is 2.55 bits per heavy atom. The van der Waals surface area contributed by atoms with Gasteiger partial charge in [-0.25, -0.2) is 27.8 Å². The van der Waals surface area contributed by atoms with E-state index in [1.165, 1.54) is 11.0 Å². The zero-order valence-electron chi connectivity index (χ0n) is 18.5. The third-order valence-electron chi connectivity index (χ3n) is 5.35. The fourth-order valence-corrected chi connectivity index (χ4v) is 3.83. The molecule has 0 saturated carbocycles. The lowest BCUT2D eigenvalue weighted by molar-refractivity contribution is -0.118. The van der Waals surface area contributed by atoms with E-state index >= 15 is 0 Å². The first-order valence-electron chi connectivity index (χ1n) is 10.3. The molecule has 9 nitrogen and oxygen atoms in total. The predicted molar refractivity (Wildman–Crippen MR) is 115 cm³/mol. The summed E-state index contributed by atoms with van der Waals surface area (Å²) in [6.07, 6.45) is 1.41. The molecule has 2 N–H and O–H groups in total. The molecule has 2 aromatic heterocycles. The van der Waals surface area contributed by atoms with Crippen molar-refractivity contribution in [1.82, 2.24) is 24.7 Å². The highest BCUT2D eigenvalue weighted by molar-refractivity contribution is 6.03. The van der Waals surface area contributed by atoms with Crippen molar-refractivity contribution in [2.75, 3.05) is 22.6 Å². The number of amides is 1. The highest BCUT2D eigenvalue weighted by Crippen LogP contribution is 2.34. The van der Waals surface area contributed by atoms with Crippen LogP contribution in [0.5, 0.6) is 0 Å². The van der Waals surface area contributed by atoms with E-state index < -0.39 is 17.5 Å². The molecule has 0 saturated heterocycles. The smallest absolute Gasteiger partial charge is 0.247 e. The third kappa shape index (κ3) is 4.45. The SMILES string of the molecule is Cc1nc(NCc2ncn(Cc3cc(F)c(F)c(F)c3)n2)nc2c1NC(=O)C(C(C)C)N2C. The number of aromatic nitrogens is 5. The molecule has 0 aliphatic carbocycles. The summed E-state index contributed by atoms with van der Waals surface area (Å²) in [7, 11) is 1.82. The molecule has 174 valence electrons. The van der Waals surface area contributed by atoms with Gasteiger partial charge in [-0.05, 0) is 30.5 Å². The lowest BCUT2D eigenvalue weighted by Gasteiger charge is -2.36. The molecule has 33 heavy (non-hydrogen) atoms. The Bertz CT molecular complexity index is 1190. The van der Waals surface area contributed by atoms with Crippen molar-refractivity contribution in [3.63, 3.8) is 0 Å². The first-order valence-corrected chi connectivity index (χ1v) is 10.3. The minimum absolute atomic E-state index is 0.0245. The van der Waals surface area contributed by atoms with Crippen molar-refractivity contribution in [2.45, 2.75) is 39.9 Å². The summed E-state index contributed by atoms with van der Waals surface area (Å²) in [5, 5.41) is 10.2. The molecule has 4 rings (SSSR count). The summed E-state index contributed by atoms with van der Waals surface area (Å²) in [4.78, 5) is 27.4. The van der Waals surface area contributed by atoms with Crippen LogP contribution in [0, 0.1) is 30.3 Å². The number of aryl methyl sites for hydroxylation is 1. The molecule has 1 aliphatic rings. The lowest BCUT2D eigenvalue weighted by Crippen LogP contribution is -2.49. The zero-order valence-corrected chi connectivity index (χ0v) is 18.5. The van der Waals surface area contributed by atoms with E-state index in [4.69, 9.17) is 0 Å². The number of benzene rings is 1. The van der Waals surface area contributed by atoms with Gasteiger partial charge in [-0.15, -0.1) is 0 Å². The highest BCUT2D eigenvalue weighted by Gasteiger charge is 2.35. The number of carbonyl (C=O) groups is 1. The van der Waals surface area contributed by atoms with Gasteiger partial charge in [0.1, 0.15) is 18.1 Å². The normalized spacial score (nSPS) is 15.6. The molecular formula is C21H23F3N8O. The summed E-state index contributed by atoms with van der Waals surface area (Å²) in [6.45, 7) is 5.94. The number of nitrogens with zero attached hydrogens (tertiary/aromatic N) is 6. The minimum Gasteiger partial charge on any atom is -0.347 e. The molecule has 3 aromatic rings. The van der Waals surface area contributed by atoms with Crippen LogP contribution in [0.15, 0.2) is 18.5 Å². The average Bonchev–Trinajstić information content (AvgIpc) is 3.18. The molecule has 1 amide bonds. The maximum Gasteiger partial charge on any atom is 0.247 e. The Labute approximate surface area is 188 Å². The minimum atomic E-state index is -1.51. The van der Waals surface area contributed by atoms with Gasteiger partial charge in [-0.3, -0.25) is 4.79 Å². The monoisotopic (exact) mass is 460 g/mol. The molecule has 0 spiro atoms. The number of nitrogens with one attached hydrogen (secondary N) is 2. The largest absolute Gasteiger partial charge is 0.347 e. The van der Waals surface area contributed by atoms with Gasteiger partial charge in [0.2, 0.25) is 11.9 Å². The van der Waals surface area contributed by atoms with Crippen LogP contribution in [0.2, 0.25) is 0 Å². The third-order valence-corrected chi connectivity index (χ3v) is 5.35. The summed E-state index contributed by atoms with van der Waals surface area (Å²) in [6, 6.07) is 1.49. The number of rotatable bonds is 6. The standard InChI is InChI=1S/C21H23F3N8O/c1-10(2)18-20(33)28-17-11(3)27-21(29-19(17)31(18)4)25-7-15-26-9-32(30-15)8-12-5-13(22)16(24)14(23)6-12/h5-6,9-10,18H,7-8H2,1-4H3,(H,28,33)(H,25,27,29). The first-order chi connectivity index (χ1) is 15.6. The van der Waals surface area contributed by atoms with Gasteiger partial charge in [-0.1, -0.05) is 13.8 Å². The van der Waals surface area contributed by atoms with Crippen molar-refractivity contribution in [2.24, 2.45) is 5.92 Å². The van der Waals surface area contributed by atoms with E-state index in [0.29, 0.717) is 29.0 Å². The van der Waals surface area contributed by atoms with Gasteiger partial charge >= 0.3 is 0 Å². The molecule has 3 heterocycles. The second-order valence-corrected chi connectivity index (χ2v) is 8.21. The molecule has 12 heteroatoms. The Morgan fingerprint density at radius 2 is 1.88 bits per heavy atom. The summed E-state index contributed by atoms with van der Waals surface area (Å²) in [5.74, 6) is -2.67. The maximum atomic E-state index is 13.4. The van der Waals surface area contributed by atoms with E-state index in [9.17, 15) is 18.0 Å². The Morgan fingerprint density at radius 1 is 1.18 bits per heavy atom.